The van der Waals surface area contributed by atoms with Gasteiger partial charge in [0, 0.05) is 31.4 Å². The van der Waals surface area contributed by atoms with Crippen molar-refractivity contribution in [3.63, 3.8) is 0 Å². The van der Waals surface area contributed by atoms with E-state index in [2.05, 4.69) is 20.3 Å². The van der Waals surface area contributed by atoms with Gasteiger partial charge >= 0.3 is 0 Å². The van der Waals surface area contributed by atoms with Gasteiger partial charge in [0.1, 0.15) is 5.69 Å². The fourth-order valence-electron chi connectivity index (χ4n) is 2.77. The lowest BCUT2D eigenvalue weighted by molar-refractivity contribution is 0.0943. The third-order valence-electron chi connectivity index (χ3n) is 4.01. The fourth-order valence-corrected chi connectivity index (χ4v) is 2.77. The second-order valence-corrected chi connectivity index (χ2v) is 5.46. The Morgan fingerprint density at radius 1 is 1.30 bits per heavy atom. The van der Waals surface area contributed by atoms with Crippen molar-refractivity contribution < 1.29 is 4.79 Å². The second-order valence-electron chi connectivity index (χ2n) is 5.46. The average molecular weight is 305 g/mol. The van der Waals surface area contributed by atoms with Gasteiger partial charge in [-0.15, -0.1) is 0 Å². The van der Waals surface area contributed by atoms with Gasteiger partial charge in [-0.25, -0.2) is 4.98 Å². The molecule has 0 saturated carbocycles. The standard InChI is InChI=1S/C17H15N5O/c1-22-15-4-5-18-9-12(15)7-16(22)17(23)19-8-11-2-3-13-14(6-11)21-10-20-13/h2-7,9-10H,8H2,1H3,(H,19,23)(H,20,21). The second kappa shape index (κ2) is 5.24. The molecule has 0 bridgehead atoms. The number of aryl methyl sites for hydroxylation is 1. The lowest BCUT2D eigenvalue weighted by atomic mass is 10.2. The number of carbonyl (C=O) groups excluding carboxylic acids is 1. The van der Waals surface area contributed by atoms with E-state index in [4.69, 9.17) is 0 Å². The summed E-state index contributed by atoms with van der Waals surface area (Å²) in [5, 5.41) is 3.92. The summed E-state index contributed by atoms with van der Waals surface area (Å²) >= 11 is 0. The lowest BCUT2D eigenvalue weighted by Gasteiger charge is -2.07. The minimum atomic E-state index is -0.103. The van der Waals surface area contributed by atoms with Crippen LogP contribution in [0.3, 0.4) is 0 Å². The molecule has 0 atom stereocenters. The van der Waals surface area contributed by atoms with Crippen molar-refractivity contribution in [1.29, 1.82) is 0 Å². The van der Waals surface area contributed by atoms with Crippen LogP contribution in [-0.4, -0.2) is 25.4 Å². The van der Waals surface area contributed by atoms with Crippen molar-refractivity contribution in [3.8, 4) is 0 Å². The third-order valence-corrected chi connectivity index (χ3v) is 4.01. The normalized spacial score (nSPS) is 11.2. The maximum atomic E-state index is 12.4. The Hall–Kier alpha value is -3.15. The van der Waals surface area contributed by atoms with Crippen molar-refractivity contribution in [3.05, 3.63) is 60.3 Å². The molecule has 0 unspecified atom stereocenters. The number of rotatable bonds is 3. The molecule has 0 spiro atoms. The highest BCUT2D eigenvalue weighted by Crippen LogP contribution is 2.17. The van der Waals surface area contributed by atoms with E-state index in [0.717, 1.165) is 27.5 Å². The highest BCUT2D eigenvalue weighted by atomic mass is 16.1. The number of aromatic amines is 1. The number of fused-ring (bicyclic) bond motifs is 2. The number of pyridine rings is 1. The SMILES string of the molecule is Cn1c(C(=O)NCc2ccc3nc[nH]c3c2)cc2cnccc21. The molecule has 1 aromatic carbocycles. The smallest absolute Gasteiger partial charge is 0.268 e. The molecular weight excluding hydrogens is 290 g/mol. The largest absolute Gasteiger partial charge is 0.347 e. The summed E-state index contributed by atoms with van der Waals surface area (Å²) in [6.45, 7) is 0.466. The summed E-state index contributed by atoms with van der Waals surface area (Å²) in [5.41, 5.74) is 4.52. The van der Waals surface area contributed by atoms with Gasteiger partial charge in [0.25, 0.3) is 5.91 Å². The molecule has 4 rings (SSSR count). The Morgan fingerprint density at radius 3 is 3.09 bits per heavy atom. The molecule has 1 amide bonds. The van der Waals surface area contributed by atoms with E-state index in [-0.39, 0.29) is 5.91 Å². The topological polar surface area (TPSA) is 75.6 Å². The van der Waals surface area contributed by atoms with Crippen LogP contribution < -0.4 is 5.32 Å². The maximum absolute atomic E-state index is 12.4. The van der Waals surface area contributed by atoms with Crippen LogP contribution >= 0.6 is 0 Å². The van der Waals surface area contributed by atoms with Crippen molar-refractivity contribution in [2.45, 2.75) is 6.54 Å². The third kappa shape index (κ3) is 2.34. The minimum Gasteiger partial charge on any atom is -0.347 e. The van der Waals surface area contributed by atoms with Gasteiger partial charge < -0.3 is 14.9 Å². The average Bonchev–Trinajstić information content (AvgIpc) is 3.17. The summed E-state index contributed by atoms with van der Waals surface area (Å²) < 4.78 is 1.88. The molecule has 2 N–H and O–H groups in total. The van der Waals surface area contributed by atoms with Gasteiger partial charge in [-0.3, -0.25) is 9.78 Å². The molecule has 0 aliphatic carbocycles. The van der Waals surface area contributed by atoms with E-state index in [0.29, 0.717) is 12.2 Å². The number of hydrogen-bond donors (Lipinski definition) is 2. The van der Waals surface area contributed by atoms with Gasteiger partial charge in [0.2, 0.25) is 0 Å². The molecule has 0 aliphatic rings. The first-order chi connectivity index (χ1) is 11.2. The molecule has 3 heterocycles. The molecule has 6 heteroatoms. The number of aromatic nitrogens is 4. The molecular formula is C17H15N5O. The van der Waals surface area contributed by atoms with Gasteiger partial charge in [-0.2, -0.15) is 0 Å². The molecule has 0 saturated heterocycles. The number of nitrogens with zero attached hydrogens (tertiary/aromatic N) is 3. The zero-order valence-electron chi connectivity index (χ0n) is 12.6. The van der Waals surface area contributed by atoms with Crippen LogP contribution in [0.1, 0.15) is 16.1 Å². The minimum absolute atomic E-state index is 0.103. The quantitative estimate of drug-likeness (QED) is 0.610. The summed E-state index contributed by atoms with van der Waals surface area (Å²) in [7, 11) is 1.88. The molecule has 114 valence electrons. The predicted octanol–water partition coefficient (Wildman–Crippen LogP) is 2.38. The van der Waals surface area contributed by atoms with Crippen LogP contribution in [-0.2, 0) is 13.6 Å². The van der Waals surface area contributed by atoms with E-state index in [1.165, 1.54) is 0 Å². The number of benzene rings is 1. The van der Waals surface area contributed by atoms with Crippen LogP contribution in [0.5, 0.6) is 0 Å². The molecule has 0 fully saturated rings. The van der Waals surface area contributed by atoms with E-state index < -0.39 is 0 Å². The number of hydrogen-bond acceptors (Lipinski definition) is 3. The summed E-state index contributed by atoms with van der Waals surface area (Å²) in [6, 6.07) is 9.66. The Morgan fingerprint density at radius 2 is 2.22 bits per heavy atom. The monoisotopic (exact) mass is 305 g/mol. The highest BCUT2D eigenvalue weighted by molar-refractivity contribution is 5.98. The molecule has 4 aromatic rings. The Kier molecular flexibility index (Phi) is 3.08. The number of carbonyl (C=O) groups is 1. The first kappa shape index (κ1) is 13.5. The number of amides is 1. The first-order valence-corrected chi connectivity index (χ1v) is 7.32. The molecule has 0 aliphatic heterocycles. The number of nitrogens with one attached hydrogen (secondary N) is 2. The van der Waals surface area contributed by atoms with Gasteiger partial charge in [0.05, 0.1) is 22.9 Å². The molecule has 6 nitrogen and oxygen atoms in total. The van der Waals surface area contributed by atoms with Crippen molar-refractivity contribution in [1.82, 2.24) is 24.8 Å². The summed E-state index contributed by atoms with van der Waals surface area (Å²) in [6.07, 6.45) is 5.15. The van der Waals surface area contributed by atoms with E-state index >= 15 is 0 Å². The van der Waals surface area contributed by atoms with Crippen LogP contribution in [0.4, 0.5) is 0 Å². The Balaban J connectivity index is 1.55. The fraction of sp³-hybridized carbons (Fsp3) is 0.118. The van der Waals surface area contributed by atoms with Crippen LogP contribution in [0.25, 0.3) is 21.9 Å². The summed E-state index contributed by atoms with van der Waals surface area (Å²) in [5.74, 6) is -0.103. The van der Waals surface area contributed by atoms with Crippen LogP contribution in [0.2, 0.25) is 0 Å². The molecule has 0 radical (unpaired) electrons. The predicted molar refractivity (Wildman–Crippen MR) is 88.0 cm³/mol. The van der Waals surface area contributed by atoms with Crippen molar-refractivity contribution >= 4 is 27.8 Å². The molecule has 23 heavy (non-hydrogen) atoms. The number of H-pyrrole nitrogens is 1. The van der Waals surface area contributed by atoms with Crippen molar-refractivity contribution in [2.24, 2.45) is 7.05 Å². The first-order valence-electron chi connectivity index (χ1n) is 7.32. The van der Waals surface area contributed by atoms with Crippen LogP contribution in [0.15, 0.2) is 49.1 Å². The highest BCUT2D eigenvalue weighted by Gasteiger charge is 2.13. The maximum Gasteiger partial charge on any atom is 0.268 e. The van der Waals surface area contributed by atoms with E-state index in [9.17, 15) is 4.79 Å². The Labute approximate surface area is 132 Å². The van der Waals surface area contributed by atoms with Crippen molar-refractivity contribution in [2.75, 3.05) is 0 Å². The molecule has 3 aromatic heterocycles. The zero-order valence-corrected chi connectivity index (χ0v) is 12.6. The van der Waals surface area contributed by atoms with Crippen LogP contribution in [0, 0.1) is 0 Å². The van der Waals surface area contributed by atoms with E-state index in [1.54, 1.807) is 18.7 Å². The van der Waals surface area contributed by atoms with Gasteiger partial charge in [-0.1, -0.05) is 6.07 Å². The lowest BCUT2D eigenvalue weighted by Crippen LogP contribution is -2.24. The zero-order chi connectivity index (χ0) is 15.8. The number of imidazole rings is 1. The Bertz CT molecular complexity index is 1010. The van der Waals surface area contributed by atoms with E-state index in [1.807, 2.05) is 41.9 Å². The van der Waals surface area contributed by atoms with Gasteiger partial charge in [-0.05, 0) is 29.8 Å². The van der Waals surface area contributed by atoms with Gasteiger partial charge in [0.15, 0.2) is 0 Å². The summed E-state index contributed by atoms with van der Waals surface area (Å²) in [4.78, 5) is 23.8.